The highest BCUT2D eigenvalue weighted by Crippen LogP contribution is 2.23. The van der Waals surface area contributed by atoms with Gasteiger partial charge in [-0.15, -0.1) is 0 Å². The van der Waals surface area contributed by atoms with Crippen LogP contribution in [0.15, 0.2) is 35.9 Å². The molecule has 0 aliphatic heterocycles. The zero-order chi connectivity index (χ0) is 13.9. The minimum atomic E-state index is -0.271. The summed E-state index contributed by atoms with van der Waals surface area (Å²) in [6, 6.07) is 8.30. The van der Waals surface area contributed by atoms with Gasteiger partial charge in [0, 0.05) is 13.0 Å². The van der Waals surface area contributed by atoms with Gasteiger partial charge >= 0.3 is 0 Å². The van der Waals surface area contributed by atoms with Gasteiger partial charge in [-0.05, 0) is 38.3 Å². The summed E-state index contributed by atoms with van der Waals surface area (Å²) in [6.45, 7) is 3.10. The zero-order valence-electron chi connectivity index (χ0n) is 12.0. The number of para-hydroxylation sites is 2. The molecule has 0 bridgehead atoms. The van der Waals surface area contributed by atoms with Crippen molar-refractivity contribution in [3.63, 3.8) is 0 Å². The maximum absolute atomic E-state index is 9.90. The van der Waals surface area contributed by atoms with Crippen LogP contribution in [0.3, 0.4) is 0 Å². The van der Waals surface area contributed by atoms with E-state index in [2.05, 4.69) is 29.7 Å². The SMILES string of the molecule is CCn1c(CC2=CC(O)CCCC2)nc2ccccc21. The van der Waals surface area contributed by atoms with Gasteiger partial charge in [0.15, 0.2) is 0 Å². The van der Waals surface area contributed by atoms with Crippen molar-refractivity contribution < 1.29 is 5.11 Å². The van der Waals surface area contributed by atoms with Crippen molar-refractivity contribution in [2.45, 2.75) is 51.7 Å². The fourth-order valence-electron chi connectivity index (χ4n) is 3.11. The molecule has 0 saturated heterocycles. The Morgan fingerprint density at radius 3 is 3.00 bits per heavy atom. The minimum Gasteiger partial charge on any atom is -0.389 e. The Morgan fingerprint density at radius 2 is 2.15 bits per heavy atom. The van der Waals surface area contributed by atoms with Gasteiger partial charge in [-0.25, -0.2) is 4.98 Å². The van der Waals surface area contributed by atoms with Crippen LogP contribution in [0.5, 0.6) is 0 Å². The van der Waals surface area contributed by atoms with Gasteiger partial charge in [-0.3, -0.25) is 0 Å². The molecule has 0 amide bonds. The Labute approximate surface area is 120 Å². The van der Waals surface area contributed by atoms with Gasteiger partial charge in [-0.2, -0.15) is 0 Å². The molecule has 20 heavy (non-hydrogen) atoms. The van der Waals surface area contributed by atoms with Crippen LogP contribution in [0.2, 0.25) is 0 Å². The molecule has 2 aromatic rings. The van der Waals surface area contributed by atoms with E-state index in [0.717, 1.165) is 43.6 Å². The largest absolute Gasteiger partial charge is 0.389 e. The second kappa shape index (κ2) is 5.80. The lowest BCUT2D eigenvalue weighted by Gasteiger charge is -2.09. The van der Waals surface area contributed by atoms with Crippen molar-refractivity contribution >= 4 is 11.0 Å². The molecular weight excluding hydrogens is 248 g/mol. The molecular formula is C17H22N2O. The summed E-state index contributed by atoms with van der Waals surface area (Å²) in [5.74, 6) is 1.12. The molecule has 106 valence electrons. The first kappa shape index (κ1) is 13.4. The second-order valence-electron chi connectivity index (χ2n) is 5.58. The highest BCUT2D eigenvalue weighted by Gasteiger charge is 2.14. The van der Waals surface area contributed by atoms with Gasteiger partial charge in [0.1, 0.15) is 5.82 Å². The molecule has 3 rings (SSSR count). The quantitative estimate of drug-likeness (QED) is 0.867. The molecule has 1 unspecified atom stereocenters. The maximum atomic E-state index is 9.90. The lowest BCUT2D eigenvalue weighted by molar-refractivity contribution is 0.211. The molecule has 1 aliphatic carbocycles. The second-order valence-corrected chi connectivity index (χ2v) is 5.58. The number of aliphatic hydroxyl groups is 1. The standard InChI is InChI=1S/C17H22N2O/c1-2-19-16-10-6-5-9-15(16)18-17(19)12-13-7-3-4-8-14(20)11-13/h5-6,9-11,14,20H,2-4,7-8,12H2,1H3. The van der Waals surface area contributed by atoms with Crippen LogP contribution in [0.25, 0.3) is 11.0 Å². The number of nitrogens with zero attached hydrogens (tertiary/aromatic N) is 2. The number of aromatic nitrogens is 2. The molecule has 0 saturated carbocycles. The Hall–Kier alpha value is -1.61. The fourth-order valence-corrected chi connectivity index (χ4v) is 3.11. The first-order chi connectivity index (χ1) is 9.78. The van der Waals surface area contributed by atoms with Crippen molar-refractivity contribution in [2.24, 2.45) is 0 Å². The van der Waals surface area contributed by atoms with Crippen molar-refractivity contribution in [3.8, 4) is 0 Å². The average Bonchev–Trinajstić information content (AvgIpc) is 2.66. The summed E-state index contributed by atoms with van der Waals surface area (Å²) in [5, 5.41) is 9.90. The highest BCUT2D eigenvalue weighted by atomic mass is 16.3. The van der Waals surface area contributed by atoms with E-state index in [4.69, 9.17) is 4.98 Å². The number of rotatable bonds is 3. The number of aryl methyl sites for hydroxylation is 1. The molecule has 1 aromatic heterocycles. The molecule has 0 radical (unpaired) electrons. The Morgan fingerprint density at radius 1 is 1.30 bits per heavy atom. The van der Waals surface area contributed by atoms with E-state index in [1.165, 1.54) is 17.5 Å². The van der Waals surface area contributed by atoms with Gasteiger partial charge in [0.05, 0.1) is 17.1 Å². The van der Waals surface area contributed by atoms with Crippen molar-refractivity contribution in [2.75, 3.05) is 0 Å². The summed E-state index contributed by atoms with van der Waals surface area (Å²) in [7, 11) is 0. The molecule has 1 N–H and O–H groups in total. The number of hydrogen-bond acceptors (Lipinski definition) is 2. The lowest BCUT2D eigenvalue weighted by Crippen LogP contribution is -2.05. The first-order valence-corrected chi connectivity index (χ1v) is 7.59. The molecule has 1 atom stereocenters. The predicted octanol–water partition coefficient (Wildman–Crippen LogP) is 3.46. The monoisotopic (exact) mass is 270 g/mol. The van der Waals surface area contributed by atoms with Crippen molar-refractivity contribution in [1.29, 1.82) is 0 Å². The Kier molecular flexibility index (Phi) is 3.88. The lowest BCUT2D eigenvalue weighted by atomic mass is 10.1. The van der Waals surface area contributed by atoms with Gasteiger partial charge < -0.3 is 9.67 Å². The van der Waals surface area contributed by atoms with E-state index in [0.29, 0.717) is 0 Å². The van der Waals surface area contributed by atoms with Gasteiger partial charge in [0.25, 0.3) is 0 Å². The summed E-state index contributed by atoms with van der Waals surface area (Å²) in [4.78, 5) is 4.77. The summed E-state index contributed by atoms with van der Waals surface area (Å²) >= 11 is 0. The number of aliphatic hydroxyl groups excluding tert-OH is 1. The van der Waals surface area contributed by atoms with Crippen LogP contribution < -0.4 is 0 Å². The van der Waals surface area contributed by atoms with Crippen LogP contribution in [-0.4, -0.2) is 20.8 Å². The average molecular weight is 270 g/mol. The zero-order valence-corrected chi connectivity index (χ0v) is 12.0. The maximum Gasteiger partial charge on any atom is 0.113 e. The Balaban J connectivity index is 1.93. The summed E-state index contributed by atoms with van der Waals surface area (Å²) in [6.07, 6.45) is 6.91. The normalized spacial score (nSPS) is 19.9. The van der Waals surface area contributed by atoms with Crippen molar-refractivity contribution in [1.82, 2.24) is 9.55 Å². The third kappa shape index (κ3) is 2.63. The fraction of sp³-hybridized carbons (Fsp3) is 0.471. The third-order valence-corrected chi connectivity index (χ3v) is 4.11. The third-order valence-electron chi connectivity index (χ3n) is 4.11. The first-order valence-electron chi connectivity index (χ1n) is 7.59. The summed E-state index contributed by atoms with van der Waals surface area (Å²) < 4.78 is 2.29. The van der Waals surface area contributed by atoms with Crippen LogP contribution in [0.1, 0.15) is 38.4 Å². The van der Waals surface area contributed by atoms with E-state index in [-0.39, 0.29) is 6.10 Å². The number of imidazole rings is 1. The van der Waals surface area contributed by atoms with Gasteiger partial charge in [-0.1, -0.05) is 30.2 Å². The smallest absolute Gasteiger partial charge is 0.113 e. The number of benzene rings is 1. The van der Waals surface area contributed by atoms with E-state index in [9.17, 15) is 5.11 Å². The highest BCUT2D eigenvalue weighted by molar-refractivity contribution is 5.75. The van der Waals surface area contributed by atoms with Crippen LogP contribution in [-0.2, 0) is 13.0 Å². The van der Waals surface area contributed by atoms with Gasteiger partial charge in [0.2, 0.25) is 0 Å². The number of fused-ring (bicyclic) bond motifs is 1. The topological polar surface area (TPSA) is 38.0 Å². The van der Waals surface area contributed by atoms with E-state index in [1.54, 1.807) is 0 Å². The van der Waals surface area contributed by atoms with Crippen molar-refractivity contribution in [3.05, 3.63) is 41.7 Å². The molecule has 1 aliphatic rings. The van der Waals surface area contributed by atoms with E-state index >= 15 is 0 Å². The summed E-state index contributed by atoms with van der Waals surface area (Å²) in [5.41, 5.74) is 3.61. The Bertz CT molecular complexity index is 627. The predicted molar refractivity (Wildman–Crippen MR) is 81.7 cm³/mol. The molecule has 0 spiro atoms. The molecule has 3 heteroatoms. The van der Waals surface area contributed by atoms with Crippen LogP contribution in [0, 0.1) is 0 Å². The van der Waals surface area contributed by atoms with E-state index in [1.807, 2.05) is 12.1 Å². The van der Waals surface area contributed by atoms with Crippen LogP contribution in [0.4, 0.5) is 0 Å². The molecule has 1 heterocycles. The molecule has 0 fully saturated rings. The minimum absolute atomic E-state index is 0.271. The number of allylic oxidation sites excluding steroid dienone is 1. The number of hydrogen-bond donors (Lipinski definition) is 1. The molecule has 3 nitrogen and oxygen atoms in total. The van der Waals surface area contributed by atoms with E-state index < -0.39 is 0 Å². The van der Waals surface area contributed by atoms with Crippen LogP contribution >= 0.6 is 0 Å². The molecule has 1 aromatic carbocycles.